The van der Waals surface area contributed by atoms with Crippen LogP contribution in [-0.2, 0) is 17.8 Å². The molecule has 1 N–H and O–H groups in total. The van der Waals surface area contributed by atoms with Crippen molar-refractivity contribution < 1.29 is 19.1 Å². The van der Waals surface area contributed by atoms with E-state index in [1.807, 2.05) is 6.92 Å². The zero-order valence-corrected chi connectivity index (χ0v) is 18.7. The third kappa shape index (κ3) is 4.90. The molecule has 33 heavy (non-hydrogen) atoms. The van der Waals surface area contributed by atoms with Crippen LogP contribution in [0.15, 0.2) is 59.4 Å². The molecule has 2 aromatic carbocycles. The number of carbonyl (C=O) groups is 2. The van der Waals surface area contributed by atoms with Crippen LogP contribution in [0.1, 0.15) is 38.3 Å². The molecule has 4 aromatic rings. The molecule has 0 aliphatic carbocycles. The quantitative estimate of drug-likeness (QED) is 0.418. The normalized spacial score (nSPS) is 10.7. The molecule has 0 saturated heterocycles. The molecule has 4 rings (SSSR count). The fourth-order valence-electron chi connectivity index (χ4n) is 3.04. The van der Waals surface area contributed by atoms with Gasteiger partial charge in [-0.05, 0) is 42.8 Å². The minimum Gasteiger partial charge on any atom is -0.497 e. The SMILES string of the molecule is CCc1nn2c(=O)cc(COC(=O)c3ccccc3NC(=O)c3ccc(OC)cc3)nc2s1. The van der Waals surface area contributed by atoms with Gasteiger partial charge < -0.3 is 14.8 Å². The fourth-order valence-corrected chi connectivity index (χ4v) is 3.89. The van der Waals surface area contributed by atoms with Crippen molar-refractivity contribution in [1.29, 1.82) is 0 Å². The Balaban J connectivity index is 1.48. The summed E-state index contributed by atoms with van der Waals surface area (Å²) in [6.45, 7) is 1.75. The van der Waals surface area contributed by atoms with E-state index in [0.717, 1.165) is 5.01 Å². The van der Waals surface area contributed by atoms with Gasteiger partial charge in [-0.2, -0.15) is 9.61 Å². The summed E-state index contributed by atoms with van der Waals surface area (Å²) in [7, 11) is 1.54. The van der Waals surface area contributed by atoms with E-state index < -0.39 is 5.97 Å². The van der Waals surface area contributed by atoms with Gasteiger partial charge in [-0.15, -0.1) is 0 Å². The van der Waals surface area contributed by atoms with Crippen LogP contribution >= 0.6 is 11.3 Å². The van der Waals surface area contributed by atoms with Gasteiger partial charge in [0.15, 0.2) is 0 Å². The van der Waals surface area contributed by atoms with Gasteiger partial charge in [-0.25, -0.2) is 9.78 Å². The summed E-state index contributed by atoms with van der Waals surface area (Å²) in [5.74, 6) is -0.401. The van der Waals surface area contributed by atoms with Crippen LogP contribution in [0, 0.1) is 0 Å². The third-order valence-corrected chi connectivity index (χ3v) is 5.79. The molecule has 0 atom stereocenters. The van der Waals surface area contributed by atoms with Crippen molar-refractivity contribution in [2.75, 3.05) is 12.4 Å². The first kappa shape index (κ1) is 22.2. The molecule has 0 bridgehead atoms. The molecular weight excluding hydrogens is 444 g/mol. The number of para-hydroxylation sites is 1. The van der Waals surface area contributed by atoms with Crippen molar-refractivity contribution in [2.45, 2.75) is 20.0 Å². The van der Waals surface area contributed by atoms with Gasteiger partial charge >= 0.3 is 5.97 Å². The highest BCUT2D eigenvalue weighted by molar-refractivity contribution is 7.16. The van der Waals surface area contributed by atoms with E-state index in [2.05, 4.69) is 15.4 Å². The van der Waals surface area contributed by atoms with E-state index in [1.165, 1.54) is 21.9 Å². The molecule has 9 nitrogen and oxygen atoms in total. The summed E-state index contributed by atoms with van der Waals surface area (Å²) in [6.07, 6.45) is 0.691. The number of methoxy groups -OCH3 is 1. The lowest BCUT2D eigenvalue weighted by Crippen LogP contribution is -2.18. The zero-order chi connectivity index (χ0) is 23.4. The summed E-state index contributed by atoms with van der Waals surface area (Å²) < 4.78 is 11.7. The number of fused-ring (bicyclic) bond motifs is 1. The Kier molecular flexibility index (Phi) is 6.45. The molecule has 10 heteroatoms. The van der Waals surface area contributed by atoms with Crippen LogP contribution in [0.4, 0.5) is 5.69 Å². The number of aryl methyl sites for hydroxylation is 1. The van der Waals surface area contributed by atoms with Crippen molar-refractivity contribution in [3.63, 3.8) is 0 Å². The fraction of sp³-hybridized carbons (Fsp3) is 0.174. The van der Waals surface area contributed by atoms with Gasteiger partial charge in [0.25, 0.3) is 11.5 Å². The van der Waals surface area contributed by atoms with E-state index in [-0.39, 0.29) is 23.6 Å². The molecule has 0 radical (unpaired) electrons. The van der Waals surface area contributed by atoms with Crippen LogP contribution in [0.2, 0.25) is 0 Å². The van der Waals surface area contributed by atoms with E-state index in [4.69, 9.17) is 9.47 Å². The van der Waals surface area contributed by atoms with Gasteiger partial charge in [0.1, 0.15) is 17.4 Å². The first-order chi connectivity index (χ1) is 16.0. The predicted octanol–water partition coefficient (Wildman–Crippen LogP) is 3.33. The number of anilines is 1. The number of esters is 1. The van der Waals surface area contributed by atoms with Gasteiger partial charge in [-0.1, -0.05) is 30.4 Å². The smallest absolute Gasteiger partial charge is 0.340 e. The van der Waals surface area contributed by atoms with Gasteiger partial charge in [0, 0.05) is 11.6 Å². The summed E-state index contributed by atoms with van der Waals surface area (Å²) in [4.78, 5) is 42.4. The molecule has 0 saturated carbocycles. The number of rotatable bonds is 7. The molecule has 0 fully saturated rings. The van der Waals surface area contributed by atoms with E-state index in [0.29, 0.717) is 34.1 Å². The van der Waals surface area contributed by atoms with Crippen molar-refractivity contribution in [2.24, 2.45) is 0 Å². The summed E-state index contributed by atoms with van der Waals surface area (Å²) in [6, 6.07) is 14.4. The minimum atomic E-state index is -0.652. The molecule has 0 spiro atoms. The standard InChI is InChI=1S/C23H20N4O5S/c1-3-19-26-27-20(28)12-15(24-23(27)33-19)13-32-22(30)17-6-4-5-7-18(17)25-21(29)14-8-10-16(31-2)11-9-14/h4-12H,3,13H2,1-2H3,(H,25,29). The van der Waals surface area contributed by atoms with E-state index in [9.17, 15) is 14.4 Å². The number of nitrogens with zero attached hydrogens (tertiary/aromatic N) is 3. The molecule has 0 aliphatic heterocycles. The topological polar surface area (TPSA) is 112 Å². The Hall–Kier alpha value is -4.05. The second kappa shape index (κ2) is 9.61. The van der Waals surface area contributed by atoms with Gasteiger partial charge in [0.2, 0.25) is 4.96 Å². The highest BCUT2D eigenvalue weighted by atomic mass is 32.1. The predicted molar refractivity (Wildman–Crippen MR) is 123 cm³/mol. The maximum Gasteiger partial charge on any atom is 0.340 e. The van der Waals surface area contributed by atoms with Crippen LogP contribution < -0.4 is 15.6 Å². The highest BCUT2D eigenvalue weighted by Gasteiger charge is 2.16. The van der Waals surface area contributed by atoms with Crippen molar-refractivity contribution >= 4 is 33.9 Å². The monoisotopic (exact) mass is 464 g/mol. The third-order valence-electron chi connectivity index (χ3n) is 4.74. The van der Waals surface area contributed by atoms with Crippen molar-refractivity contribution in [3.8, 4) is 5.75 Å². The lowest BCUT2D eigenvalue weighted by molar-refractivity contribution is 0.0469. The van der Waals surface area contributed by atoms with E-state index >= 15 is 0 Å². The van der Waals surface area contributed by atoms with Crippen LogP contribution in [0.25, 0.3) is 4.96 Å². The Bertz CT molecular complexity index is 1380. The molecule has 0 aliphatic rings. The Morgan fingerprint density at radius 1 is 1.12 bits per heavy atom. The average molecular weight is 465 g/mol. The number of amides is 1. The summed E-state index contributed by atoms with van der Waals surface area (Å²) in [5, 5.41) is 7.71. The van der Waals surface area contributed by atoms with Crippen LogP contribution in [0.3, 0.4) is 0 Å². The first-order valence-electron chi connectivity index (χ1n) is 10.1. The second-order valence-electron chi connectivity index (χ2n) is 6.93. The largest absolute Gasteiger partial charge is 0.497 e. The number of carbonyl (C=O) groups excluding carboxylic acids is 2. The van der Waals surface area contributed by atoms with Crippen molar-refractivity contribution in [3.05, 3.63) is 86.8 Å². The zero-order valence-electron chi connectivity index (χ0n) is 17.9. The number of aromatic nitrogens is 3. The van der Waals surface area contributed by atoms with Crippen LogP contribution in [-0.4, -0.2) is 33.6 Å². The second-order valence-corrected chi connectivity index (χ2v) is 7.97. The van der Waals surface area contributed by atoms with E-state index in [1.54, 1.807) is 55.6 Å². The average Bonchev–Trinajstić information content (AvgIpc) is 3.27. The number of ether oxygens (including phenoxy) is 2. The lowest BCUT2D eigenvalue weighted by atomic mass is 10.1. The molecular formula is C23H20N4O5S. The lowest BCUT2D eigenvalue weighted by Gasteiger charge is -2.11. The maximum absolute atomic E-state index is 12.7. The summed E-state index contributed by atoms with van der Waals surface area (Å²) in [5.41, 5.74) is 0.881. The highest BCUT2D eigenvalue weighted by Crippen LogP contribution is 2.19. The minimum absolute atomic E-state index is 0.184. The molecule has 0 unspecified atom stereocenters. The summed E-state index contributed by atoms with van der Waals surface area (Å²) >= 11 is 1.31. The number of benzene rings is 2. The Morgan fingerprint density at radius 3 is 2.61 bits per heavy atom. The Morgan fingerprint density at radius 2 is 1.88 bits per heavy atom. The van der Waals surface area contributed by atoms with Gasteiger partial charge in [0.05, 0.1) is 24.1 Å². The molecule has 168 valence electrons. The van der Waals surface area contributed by atoms with Crippen molar-refractivity contribution in [1.82, 2.24) is 14.6 Å². The van der Waals surface area contributed by atoms with Crippen LogP contribution in [0.5, 0.6) is 5.75 Å². The van der Waals surface area contributed by atoms with Gasteiger partial charge in [-0.3, -0.25) is 9.59 Å². The first-order valence-corrected chi connectivity index (χ1v) is 10.9. The number of hydrogen-bond acceptors (Lipinski definition) is 8. The molecule has 1 amide bonds. The molecule has 2 heterocycles. The number of hydrogen-bond donors (Lipinski definition) is 1. The Labute approximate surface area is 192 Å². The number of nitrogens with one attached hydrogen (secondary N) is 1. The molecule has 2 aromatic heterocycles. The maximum atomic E-state index is 12.7.